The van der Waals surface area contributed by atoms with Crippen molar-refractivity contribution < 1.29 is 14.3 Å². The summed E-state index contributed by atoms with van der Waals surface area (Å²) in [6.45, 7) is 6.21. The zero-order valence-corrected chi connectivity index (χ0v) is 16.9. The van der Waals surface area contributed by atoms with E-state index in [1.54, 1.807) is 6.92 Å². The Bertz CT molecular complexity index is 1090. The van der Waals surface area contributed by atoms with Crippen molar-refractivity contribution in [2.45, 2.75) is 26.3 Å². The van der Waals surface area contributed by atoms with Gasteiger partial charge in [-0.3, -0.25) is 9.69 Å². The summed E-state index contributed by atoms with van der Waals surface area (Å²) < 4.78 is 5.78. The first-order valence-corrected chi connectivity index (χ1v) is 9.71. The van der Waals surface area contributed by atoms with E-state index in [1.165, 1.54) is 4.90 Å². The van der Waals surface area contributed by atoms with E-state index < -0.39 is 11.6 Å². The molecule has 1 N–H and O–H groups in total. The number of amides is 3. The Labute approximate surface area is 170 Å². The highest BCUT2D eigenvalue weighted by atomic mass is 16.5. The minimum atomic E-state index is -1.08. The maximum atomic E-state index is 13.1. The zero-order valence-electron chi connectivity index (χ0n) is 16.9. The summed E-state index contributed by atoms with van der Waals surface area (Å²) in [4.78, 5) is 26.9. The molecule has 5 heteroatoms. The number of urea groups is 1. The number of nitrogens with zero attached hydrogens (tertiary/aromatic N) is 1. The molecule has 1 aliphatic rings. The molecule has 0 aromatic heterocycles. The molecule has 1 aliphatic heterocycles. The predicted octanol–water partition coefficient (Wildman–Crippen LogP) is 4.30. The summed E-state index contributed by atoms with van der Waals surface area (Å²) in [5, 5.41) is 4.99. The van der Waals surface area contributed by atoms with Gasteiger partial charge in [-0.1, -0.05) is 42.5 Å². The molecule has 3 aromatic carbocycles. The molecule has 0 aliphatic carbocycles. The Balaban J connectivity index is 1.50. The van der Waals surface area contributed by atoms with Crippen LogP contribution in [-0.2, 0) is 10.3 Å². The fraction of sp³-hybridized carbons (Fsp3) is 0.250. The van der Waals surface area contributed by atoms with Gasteiger partial charge in [0.15, 0.2) is 0 Å². The van der Waals surface area contributed by atoms with Crippen LogP contribution < -0.4 is 10.1 Å². The van der Waals surface area contributed by atoms with Crippen LogP contribution in [0.25, 0.3) is 10.8 Å². The Morgan fingerprint density at radius 2 is 1.62 bits per heavy atom. The van der Waals surface area contributed by atoms with E-state index in [-0.39, 0.29) is 19.1 Å². The third-order valence-corrected chi connectivity index (χ3v) is 5.38. The lowest BCUT2D eigenvalue weighted by Gasteiger charge is -2.22. The monoisotopic (exact) mass is 388 g/mol. The second kappa shape index (κ2) is 7.24. The minimum Gasteiger partial charge on any atom is -0.492 e. The number of benzene rings is 3. The Morgan fingerprint density at radius 3 is 2.34 bits per heavy atom. The molecule has 1 atom stereocenters. The van der Waals surface area contributed by atoms with E-state index in [9.17, 15) is 9.59 Å². The molecular formula is C24H24N2O3. The van der Waals surface area contributed by atoms with Crippen molar-refractivity contribution in [3.8, 4) is 5.75 Å². The molecule has 0 bridgehead atoms. The molecule has 29 heavy (non-hydrogen) atoms. The van der Waals surface area contributed by atoms with Crippen molar-refractivity contribution in [1.29, 1.82) is 0 Å². The van der Waals surface area contributed by atoms with Crippen LogP contribution in [0.1, 0.15) is 23.6 Å². The van der Waals surface area contributed by atoms with Crippen LogP contribution in [-0.4, -0.2) is 30.0 Å². The number of hydrogen-bond donors (Lipinski definition) is 1. The fourth-order valence-corrected chi connectivity index (χ4v) is 3.87. The minimum absolute atomic E-state index is 0.195. The van der Waals surface area contributed by atoms with Crippen LogP contribution in [0.3, 0.4) is 0 Å². The van der Waals surface area contributed by atoms with Crippen molar-refractivity contribution in [2.75, 3.05) is 13.2 Å². The molecule has 0 radical (unpaired) electrons. The summed E-state index contributed by atoms with van der Waals surface area (Å²) in [5.41, 5.74) is 1.91. The van der Waals surface area contributed by atoms with Gasteiger partial charge in [-0.15, -0.1) is 0 Å². The lowest BCUT2D eigenvalue weighted by Crippen LogP contribution is -2.41. The zero-order chi connectivity index (χ0) is 20.6. The molecule has 148 valence electrons. The van der Waals surface area contributed by atoms with Gasteiger partial charge in [0.25, 0.3) is 5.91 Å². The largest absolute Gasteiger partial charge is 0.492 e. The molecule has 3 aromatic rings. The molecule has 1 heterocycles. The highest BCUT2D eigenvalue weighted by molar-refractivity contribution is 6.07. The SMILES string of the molecule is Cc1cc(C)cc(OCCN2C(=O)N[C@@](C)(c3ccc4ccccc4c3)C2=O)c1. The van der Waals surface area contributed by atoms with Gasteiger partial charge >= 0.3 is 6.03 Å². The summed E-state index contributed by atoms with van der Waals surface area (Å²) in [6, 6.07) is 19.3. The van der Waals surface area contributed by atoms with Gasteiger partial charge in [0, 0.05) is 0 Å². The molecule has 1 fully saturated rings. The molecule has 5 nitrogen and oxygen atoms in total. The first kappa shape index (κ1) is 19.0. The fourth-order valence-electron chi connectivity index (χ4n) is 3.87. The average Bonchev–Trinajstić information content (AvgIpc) is 2.91. The quantitative estimate of drug-likeness (QED) is 0.663. The van der Waals surface area contributed by atoms with E-state index >= 15 is 0 Å². The first-order chi connectivity index (χ1) is 13.9. The Kier molecular flexibility index (Phi) is 4.74. The predicted molar refractivity (Wildman–Crippen MR) is 113 cm³/mol. The Hall–Kier alpha value is -3.34. The smallest absolute Gasteiger partial charge is 0.325 e. The summed E-state index contributed by atoms with van der Waals surface area (Å²) in [7, 11) is 0. The second-order valence-corrected chi connectivity index (χ2v) is 7.75. The highest BCUT2D eigenvalue weighted by Crippen LogP contribution is 2.31. The number of ether oxygens (including phenoxy) is 1. The van der Waals surface area contributed by atoms with Gasteiger partial charge in [0.05, 0.1) is 6.54 Å². The number of nitrogens with one attached hydrogen (secondary N) is 1. The van der Waals surface area contributed by atoms with Gasteiger partial charge in [0.2, 0.25) is 0 Å². The maximum Gasteiger partial charge on any atom is 0.325 e. The molecular weight excluding hydrogens is 364 g/mol. The summed E-state index contributed by atoms with van der Waals surface area (Å²) in [6.07, 6.45) is 0. The van der Waals surface area contributed by atoms with Crippen LogP contribution >= 0.6 is 0 Å². The van der Waals surface area contributed by atoms with Crippen LogP contribution in [0.4, 0.5) is 4.79 Å². The van der Waals surface area contributed by atoms with Gasteiger partial charge in [-0.05, 0) is 66.4 Å². The lowest BCUT2D eigenvalue weighted by molar-refractivity contribution is -0.131. The maximum absolute atomic E-state index is 13.1. The number of aryl methyl sites for hydroxylation is 2. The third kappa shape index (κ3) is 3.56. The number of rotatable bonds is 5. The molecule has 0 spiro atoms. The van der Waals surface area contributed by atoms with Crippen molar-refractivity contribution in [3.05, 3.63) is 77.4 Å². The van der Waals surface area contributed by atoms with Gasteiger partial charge in [-0.25, -0.2) is 4.79 Å². The standard InChI is InChI=1S/C24H24N2O3/c1-16-12-17(2)14-21(13-16)29-11-10-26-22(27)24(3,25-23(26)28)20-9-8-18-6-4-5-7-19(18)15-20/h4-9,12-15H,10-11H2,1-3H3,(H,25,28)/t24-/m0/s1. The second-order valence-electron chi connectivity index (χ2n) is 7.75. The van der Waals surface area contributed by atoms with Crippen LogP contribution in [0, 0.1) is 13.8 Å². The van der Waals surface area contributed by atoms with E-state index in [2.05, 4.69) is 11.4 Å². The van der Waals surface area contributed by atoms with E-state index in [1.807, 2.05) is 68.4 Å². The molecule has 0 saturated carbocycles. The number of imide groups is 1. The summed E-state index contributed by atoms with van der Waals surface area (Å²) >= 11 is 0. The van der Waals surface area contributed by atoms with E-state index in [4.69, 9.17) is 4.74 Å². The van der Waals surface area contributed by atoms with Crippen molar-refractivity contribution in [1.82, 2.24) is 10.2 Å². The van der Waals surface area contributed by atoms with Crippen molar-refractivity contribution in [3.63, 3.8) is 0 Å². The normalized spacial score (nSPS) is 18.9. The molecule has 3 amide bonds. The lowest BCUT2D eigenvalue weighted by atomic mass is 9.90. The Morgan fingerprint density at radius 1 is 0.931 bits per heavy atom. The average molecular weight is 388 g/mol. The summed E-state index contributed by atoms with van der Waals surface area (Å²) in [5.74, 6) is 0.480. The third-order valence-electron chi connectivity index (χ3n) is 5.38. The number of hydrogen-bond acceptors (Lipinski definition) is 3. The van der Waals surface area contributed by atoms with Crippen LogP contribution in [0.15, 0.2) is 60.7 Å². The van der Waals surface area contributed by atoms with Crippen LogP contribution in [0.5, 0.6) is 5.75 Å². The first-order valence-electron chi connectivity index (χ1n) is 9.71. The van der Waals surface area contributed by atoms with Crippen LogP contribution in [0.2, 0.25) is 0 Å². The number of fused-ring (bicyclic) bond motifs is 1. The molecule has 4 rings (SSSR count). The molecule has 0 unspecified atom stereocenters. The van der Waals surface area contributed by atoms with Crippen molar-refractivity contribution >= 4 is 22.7 Å². The van der Waals surface area contributed by atoms with E-state index in [0.29, 0.717) is 0 Å². The van der Waals surface area contributed by atoms with Gasteiger partial charge in [-0.2, -0.15) is 0 Å². The molecule has 1 saturated heterocycles. The topological polar surface area (TPSA) is 58.6 Å². The van der Waals surface area contributed by atoms with Gasteiger partial charge in [0.1, 0.15) is 17.9 Å². The van der Waals surface area contributed by atoms with Crippen molar-refractivity contribution in [2.24, 2.45) is 0 Å². The van der Waals surface area contributed by atoms with Gasteiger partial charge < -0.3 is 10.1 Å². The number of carbonyl (C=O) groups excluding carboxylic acids is 2. The van der Waals surface area contributed by atoms with E-state index in [0.717, 1.165) is 33.2 Å². The number of carbonyl (C=O) groups is 2. The highest BCUT2D eigenvalue weighted by Gasteiger charge is 2.48.